The molecule has 0 aliphatic heterocycles. The van der Waals surface area contributed by atoms with Crippen LogP contribution in [0.1, 0.15) is 26.7 Å². The first-order chi connectivity index (χ1) is 13.0. The Morgan fingerprint density at radius 1 is 1.19 bits per heavy atom. The molecule has 3 aromatic rings. The van der Waals surface area contributed by atoms with E-state index in [0.29, 0.717) is 28.9 Å². The zero-order valence-electron chi connectivity index (χ0n) is 15.4. The van der Waals surface area contributed by atoms with Gasteiger partial charge in [0.1, 0.15) is 17.2 Å². The molecule has 0 bridgehead atoms. The molecule has 5 nitrogen and oxygen atoms in total. The van der Waals surface area contributed by atoms with Crippen molar-refractivity contribution in [1.82, 2.24) is 14.5 Å². The quantitative estimate of drug-likeness (QED) is 0.618. The number of carbonyl (C=O) groups excluding carboxylic acids is 1. The Labute approximate surface area is 161 Å². The molecule has 0 saturated heterocycles. The van der Waals surface area contributed by atoms with Gasteiger partial charge in [-0.15, -0.1) is 11.3 Å². The summed E-state index contributed by atoms with van der Waals surface area (Å²) in [6.07, 6.45) is 3.18. The zero-order valence-corrected chi connectivity index (χ0v) is 16.3. The molecule has 0 aliphatic carbocycles. The molecular weight excluding hydrogens is 365 g/mol. The van der Waals surface area contributed by atoms with E-state index in [0.717, 1.165) is 18.4 Å². The van der Waals surface area contributed by atoms with E-state index >= 15 is 0 Å². The topological polar surface area (TPSA) is 55.2 Å². The highest BCUT2D eigenvalue weighted by Crippen LogP contribution is 2.30. The maximum atomic E-state index is 13.2. The number of carbonyl (C=O) groups is 1. The van der Waals surface area contributed by atoms with Gasteiger partial charge in [0, 0.05) is 24.0 Å². The van der Waals surface area contributed by atoms with E-state index in [1.54, 1.807) is 17.0 Å². The molecule has 0 unspecified atom stereocenters. The number of hydrogen-bond acceptors (Lipinski definition) is 4. The van der Waals surface area contributed by atoms with Crippen molar-refractivity contribution >= 4 is 27.5 Å². The Morgan fingerprint density at radius 2 is 1.85 bits per heavy atom. The van der Waals surface area contributed by atoms with Gasteiger partial charge in [0.15, 0.2) is 0 Å². The predicted molar refractivity (Wildman–Crippen MR) is 106 cm³/mol. The molecule has 0 aliphatic rings. The number of aromatic nitrogens is 2. The fourth-order valence-corrected chi connectivity index (χ4v) is 3.98. The van der Waals surface area contributed by atoms with Gasteiger partial charge < -0.3 is 4.90 Å². The predicted octanol–water partition coefficient (Wildman–Crippen LogP) is 3.91. The lowest BCUT2D eigenvalue weighted by Crippen LogP contribution is -2.37. The lowest BCUT2D eigenvalue weighted by atomic mass is 10.1. The summed E-state index contributed by atoms with van der Waals surface area (Å²) in [5, 5.41) is 2.32. The first kappa shape index (κ1) is 19.2. The minimum atomic E-state index is -0.327. The highest BCUT2D eigenvalue weighted by molar-refractivity contribution is 7.17. The van der Waals surface area contributed by atoms with E-state index in [-0.39, 0.29) is 23.8 Å². The van der Waals surface area contributed by atoms with Crippen LogP contribution in [-0.4, -0.2) is 33.4 Å². The second-order valence-corrected chi connectivity index (χ2v) is 7.25. The molecule has 27 heavy (non-hydrogen) atoms. The standard InChI is InChI=1S/C20H22FN3O2S/c1-3-9-23(10-4-2)17(25)11-24-13-22-19-18(20(24)26)16(12-27-19)14-5-7-15(21)8-6-14/h5-8,12-13H,3-4,9-11H2,1-2H3. The van der Waals surface area contributed by atoms with Crippen molar-refractivity contribution < 1.29 is 9.18 Å². The summed E-state index contributed by atoms with van der Waals surface area (Å²) >= 11 is 1.36. The van der Waals surface area contributed by atoms with Crippen LogP contribution in [0.3, 0.4) is 0 Å². The largest absolute Gasteiger partial charge is 0.341 e. The molecule has 0 saturated carbocycles. The second-order valence-electron chi connectivity index (χ2n) is 6.39. The van der Waals surface area contributed by atoms with Crippen LogP contribution in [0.2, 0.25) is 0 Å². The van der Waals surface area contributed by atoms with Crippen LogP contribution in [-0.2, 0) is 11.3 Å². The SMILES string of the molecule is CCCN(CCC)C(=O)Cn1cnc2scc(-c3ccc(F)cc3)c2c1=O. The molecule has 2 aromatic heterocycles. The van der Waals surface area contributed by atoms with E-state index in [1.807, 2.05) is 19.2 Å². The highest BCUT2D eigenvalue weighted by atomic mass is 32.1. The van der Waals surface area contributed by atoms with Crippen molar-refractivity contribution in [3.8, 4) is 11.1 Å². The Hall–Kier alpha value is -2.54. The first-order valence-corrected chi connectivity index (χ1v) is 9.93. The number of rotatable bonds is 7. The minimum Gasteiger partial charge on any atom is -0.341 e. The van der Waals surface area contributed by atoms with Gasteiger partial charge in [0.2, 0.25) is 5.91 Å². The van der Waals surface area contributed by atoms with Crippen molar-refractivity contribution in [3.05, 3.63) is 52.1 Å². The van der Waals surface area contributed by atoms with Gasteiger partial charge in [0.25, 0.3) is 5.56 Å². The van der Waals surface area contributed by atoms with Crippen molar-refractivity contribution in [2.45, 2.75) is 33.2 Å². The van der Waals surface area contributed by atoms with Gasteiger partial charge >= 0.3 is 0 Å². The number of amides is 1. The Morgan fingerprint density at radius 3 is 2.48 bits per heavy atom. The fraction of sp³-hybridized carbons (Fsp3) is 0.350. The molecule has 7 heteroatoms. The van der Waals surface area contributed by atoms with Gasteiger partial charge in [-0.3, -0.25) is 14.2 Å². The molecule has 1 aromatic carbocycles. The Balaban J connectivity index is 1.97. The Kier molecular flexibility index (Phi) is 6.01. The third-order valence-electron chi connectivity index (χ3n) is 4.36. The Bertz CT molecular complexity index is 989. The highest BCUT2D eigenvalue weighted by Gasteiger charge is 2.17. The molecule has 142 valence electrons. The van der Waals surface area contributed by atoms with Crippen molar-refractivity contribution in [1.29, 1.82) is 0 Å². The van der Waals surface area contributed by atoms with Crippen molar-refractivity contribution in [3.63, 3.8) is 0 Å². The van der Waals surface area contributed by atoms with E-state index < -0.39 is 0 Å². The number of thiophene rings is 1. The molecule has 0 radical (unpaired) electrons. The first-order valence-electron chi connectivity index (χ1n) is 9.05. The monoisotopic (exact) mass is 387 g/mol. The van der Waals surface area contributed by atoms with Crippen LogP contribution in [0.25, 0.3) is 21.3 Å². The normalized spacial score (nSPS) is 11.1. The maximum Gasteiger partial charge on any atom is 0.263 e. The summed E-state index contributed by atoms with van der Waals surface area (Å²) in [5.74, 6) is -0.410. The average molecular weight is 387 g/mol. The summed E-state index contributed by atoms with van der Waals surface area (Å²) in [4.78, 5) is 32.4. The maximum absolute atomic E-state index is 13.2. The molecule has 0 N–H and O–H groups in total. The molecule has 3 rings (SSSR count). The molecule has 0 fully saturated rings. The molecular formula is C20H22FN3O2S. The number of fused-ring (bicyclic) bond motifs is 1. The molecule has 2 heterocycles. The third kappa shape index (κ3) is 4.08. The van der Waals surface area contributed by atoms with Crippen molar-refractivity contribution in [2.75, 3.05) is 13.1 Å². The third-order valence-corrected chi connectivity index (χ3v) is 5.25. The van der Waals surface area contributed by atoms with Gasteiger partial charge in [0.05, 0.1) is 11.7 Å². The number of halogens is 1. The summed E-state index contributed by atoms with van der Waals surface area (Å²) in [7, 11) is 0. The summed E-state index contributed by atoms with van der Waals surface area (Å²) in [6.45, 7) is 5.37. The molecule has 0 spiro atoms. The average Bonchev–Trinajstić information content (AvgIpc) is 3.09. The number of benzene rings is 1. The van der Waals surface area contributed by atoms with Crippen LogP contribution >= 0.6 is 11.3 Å². The van der Waals surface area contributed by atoms with Crippen LogP contribution < -0.4 is 5.56 Å². The van der Waals surface area contributed by atoms with E-state index in [2.05, 4.69) is 4.98 Å². The lowest BCUT2D eigenvalue weighted by molar-refractivity contribution is -0.132. The number of hydrogen-bond donors (Lipinski definition) is 0. The molecule has 0 atom stereocenters. The fourth-order valence-electron chi connectivity index (χ4n) is 3.07. The van der Waals surface area contributed by atoms with E-state index in [1.165, 1.54) is 34.4 Å². The summed E-state index contributed by atoms with van der Waals surface area (Å²) < 4.78 is 14.6. The van der Waals surface area contributed by atoms with Crippen LogP contribution in [0, 0.1) is 5.82 Å². The van der Waals surface area contributed by atoms with Crippen LogP contribution in [0.15, 0.2) is 40.8 Å². The van der Waals surface area contributed by atoms with Crippen LogP contribution in [0.5, 0.6) is 0 Å². The zero-order chi connectivity index (χ0) is 19.4. The van der Waals surface area contributed by atoms with E-state index in [9.17, 15) is 14.0 Å². The minimum absolute atomic E-state index is 0.0273. The summed E-state index contributed by atoms with van der Waals surface area (Å²) in [5.41, 5.74) is 1.22. The van der Waals surface area contributed by atoms with Gasteiger partial charge in [-0.05, 0) is 30.5 Å². The van der Waals surface area contributed by atoms with Gasteiger partial charge in [-0.2, -0.15) is 0 Å². The van der Waals surface area contributed by atoms with Gasteiger partial charge in [-0.1, -0.05) is 26.0 Å². The van der Waals surface area contributed by atoms with Crippen LogP contribution in [0.4, 0.5) is 4.39 Å². The van der Waals surface area contributed by atoms with Gasteiger partial charge in [-0.25, -0.2) is 9.37 Å². The lowest BCUT2D eigenvalue weighted by Gasteiger charge is -2.21. The molecule has 1 amide bonds. The van der Waals surface area contributed by atoms with E-state index in [4.69, 9.17) is 0 Å². The van der Waals surface area contributed by atoms with Crippen molar-refractivity contribution in [2.24, 2.45) is 0 Å². The summed E-state index contributed by atoms with van der Waals surface area (Å²) in [6, 6.07) is 6.02. The smallest absolute Gasteiger partial charge is 0.263 e. The number of nitrogens with zero attached hydrogens (tertiary/aromatic N) is 3. The second kappa shape index (κ2) is 8.43.